The summed E-state index contributed by atoms with van der Waals surface area (Å²) in [7, 11) is 0. The maximum atomic E-state index is 11.2. The highest BCUT2D eigenvalue weighted by Crippen LogP contribution is 2.21. The van der Waals surface area contributed by atoms with Gasteiger partial charge in [0.05, 0.1) is 0 Å². The molecule has 0 fully saturated rings. The van der Waals surface area contributed by atoms with Crippen molar-refractivity contribution in [2.24, 2.45) is 0 Å². The lowest BCUT2D eigenvalue weighted by atomic mass is 10.1. The van der Waals surface area contributed by atoms with Crippen LogP contribution in [0.5, 0.6) is 5.75 Å². The van der Waals surface area contributed by atoms with Crippen molar-refractivity contribution in [3.63, 3.8) is 0 Å². The number of hydrogen-bond acceptors (Lipinski definition) is 3. The largest absolute Gasteiger partial charge is 0.502 e. The van der Waals surface area contributed by atoms with E-state index in [-0.39, 0.29) is 5.75 Å². The molecule has 0 aliphatic carbocycles. The fourth-order valence-electron chi connectivity index (χ4n) is 1.76. The number of rotatable bonds is 3. The van der Waals surface area contributed by atoms with Gasteiger partial charge in [0.25, 0.3) is 0 Å². The lowest BCUT2D eigenvalue weighted by molar-refractivity contribution is 0.427. The molecular weight excluding hydrogens is 204 g/mol. The molecule has 0 radical (unpaired) electrons. The average molecular weight is 218 g/mol. The van der Waals surface area contributed by atoms with E-state index in [2.05, 4.69) is 6.92 Å². The van der Waals surface area contributed by atoms with E-state index < -0.39 is 5.63 Å². The lowest BCUT2D eigenvalue weighted by Gasteiger charge is -2.04. The summed E-state index contributed by atoms with van der Waals surface area (Å²) in [5, 5.41) is 10.0. The highest BCUT2D eigenvalue weighted by molar-refractivity contribution is 5.80. The molecule has 0 saturated carbocycles. The van der Waals surface area contributed by atoms with Gasteiger partial charge >= 0.3 is 5.63 Å². The van der Waals surface area contributed by atoms with Crippen molar-refractivity contribution in [3.05, 3.63) is 40.2 Å². The minimum Gasteiger partial charge on any atom is -0.502 e. The standard InChI is InChI=1S/C13H14O3/c1-2-3-5-9-6-4-7-10-8-11(14)13(15)16-12(9)10/h4,6-8,14H,2-3,5H2,1H3. The average Bonchev–Trinajstić information content (AvgIpc) is 2.28. The van der Waals surface area contributed by atoms with E-state index in [1.54, 1.807) is 0 Å². The molecule has 0 amide bonds. The Morgan fingerprint density at radius 3 is 2.94 bits per heavy atom. The van der Waals surface area contributed by atoms with Gasteiger partial charge in [-0.25, -0.2) is 4.79 Å². The van der Waals surface area contributed by atoms with Crippen LogP contribution in [0.25, 0.3) is 11.0 Å². The first-order chi connectivity index (χ1) is 7.72. The highest BCUT2D eigenvalue weighted by Gasteiger charge is 2.07. The van der Waals surface area contributed by atoms with Gasteiger partial charge in [0.15, 0.2) is 0 Å². The quantitative estimate of drug-likeness (QED) is 0.806. The number of fused-ring (bicyclic) bond motifs is 1. The fourth-order valence-corrected chi connectivity index (χ4v) is 1.76. The molecule has 0 aliphatic rings. The third-order valence-corrected chi connectivity index (χ3v) is 2.62. The zero-order chi connectivity index (χ0) is 11.5. The molecule has 0 spiro atoms. The third kappa shape index (κ3) is 1.94. The van der Waals surface area contributed by atoms with Gasteiger partial charge in [-0.1, -0.05) is 31.5 Å². The second kappa shape index (κ2) is 4.39. The molecule has 1 aromatic carbocycles. The second-order valence-electron chi connectivity index (χ2n) is 3.86. The maximum absolute atomic E-state index is 11.2. The molecule has 0 atom stereocenters. The minimum absolute atomic E-state index is 0.333. The molecule has 1 aromatic heterocycles. The Hall–Kier alpha value is -1.77. The maximum Gasteiger partial charge on any atom is 0.378 e. The molecular formula is C13H14O3. The minimum atomic E-state index is -0.670. The van der Waals surface area contributed by atoms with E-state index >= 15 is 0 Å². The van der Waals surface area contributed by atoms with Crippen molar-refractivity contribution in [2.75, 3.05) is 0 Å². The molecule has 84 valence electrons. The Morgan fingerprint density at radius 2 is 2.19 bits per heavy atom. The van der Waals surface area contributed by atoms with Crippen molar-refractivity contribution in [2.45, 2.75) is 26.2 Å². The smallest absolute Gasteiger partial charge is 0.378 e. The van der Waals surface area contributed by atoms with Gasteiger partial charge in [-0.15, -0.1) is 0 Å². The van der Waals surface area contributed by atoms with E-state index in [1.165, 1.54) is 6.07 Å². The molecule has 0 aliphatic heterocycles. The summed E-state index contributed by atoms with van der Waals surface area (Å²) >= 11 is 0. The number of para-hydroxylation sites is 1. The van der Waals surface area contributed by atoms with Gasteiger partial charge < -0.3 is 9.52 Å². The van der Waals surface area contributed by atoms with Crippen LogP contribution in [-0.4, -0.2) is 5.11 Å². The van der Waals surface area contributed by atoms with Crippen molar-refractivity contribution >= 4 is 11.0 Å². The van der Waals surface area contributed by atoms with Crippen LogP contribution in [0.4, 0.5) is 0 Å². The van der Waals surface area contributed by atoms with E-state index in [4.69, 9.17) is 4.42 Å². The third-order valence-electron chi connectivity index (χ3n) is 2.62. The second-order valence-corrected chi connectivity index (χ2v) is 3.86. The summed E-state index contributed by atoms with van der Waals surface area (Å²) in [6.07, 6.45) is 3.05. The molecule has 0 bridgehead atoms. The Bertz CT molecular complexity index is 555. The summed E-state index contributed by atoms with van der Waals surface area (Å²) in [4.78, 5) is 11.2. The SMILES string of the molecule is CCCCc1cccc2cc(O)c(=O)oc12. The van der Waals surface area contributed by atoms with Crippen LogP contribution < -0.4 is 5.63 Å². The van der Waals surface area contributed by atoms with Crippen molar-refractivity contribution in [1.29, 1.82) is 0 Å². The Balaban J connectivity index is 2.58. The van der Waals surface area contributed by atoms with E-state index in [9.17, 15) is 9.90 Å². The van der Waals surface area contributed by atoms with Crippen LogP contribution in [0, 0.1) is 0 Å². The van der Waals surface area contributed by atoms with Crippen LogP contribution in [0.1, 0.15) is 25.3 Å². The fraction of sp³-hybridized carbons (Fsp3) is 0.308. The molecule has 3 heteroatoms. The molecule has 16 heavy (non-hydrogen) atoms. The summed E-state index contributed by atoms with van der Waals surface area (Å²) in [5.74, 6) is -0.333. The number of aryl methyl sites for hydroxylation is 1. The van der Waals surface area contributed by atoms with E-state index in [0.717, 1.165) is 30.2 Å². The van der Waals surface area contributed by atoms with Crippen molar-refractivity contribution in [3.8, 4) is 5.75 Å². The van der Waals surface area contributed by atoms with Crippen LogP contribution >= 0.6 is 0 Å². The predicted octanol–water partition coefficient (Wildman–Crippen LogP) is 2.84. The topological polar surface area (TPSA) is 50.4 Å². The normalized spacial score (nSPS) is 10.8. The Kier molecular flexibility index (Phi) is 2.95. The molecule has 0 saturated heterocycles. The number of hydrogen-bond donors (Lipinski definition) is 1. The molecule has 1 heterocycles. The number of benzene rings is 1. The molecule has 0 unspecified atom stereocenters. The highest BCUT2D eigenvalue weighted by atomic mass is 16.4. The summed E-state index contributed by atoms with van der Waals surface area (Å²) in [5.41, 5.74) is 0.951. The Labute approximate surface area is 93.3 Å². The molecule has 3 nitrogen and oxygen atoms in total. The summed E-state index contributed by atoms with van der Waals surface area (Å²) in [6.45, 7) is 2.12. The molecule has 1 N–H and O–H groups in total. The number of unbranched alkanes of at least 4 members (excludes halogenated alkanes) is 1. The zero-order valence-electron chi connectivity index (χ0n) is 9.19. The van der Waals surface area contributed by atoms with Crippen molar-refractivity contribution in [1.82, 2.24) is 0 Å². The van der Waals surface area contributed by atoms with Crippen LogP contribution in [0.2, 0.25) is 0 Å². The van der Waals surface area contributed by atoms with Gasteiger partial charge in [0, 0.05) is 5.39 Å². The first-order valence-corrected chi connectivity index (χ1v) is 5.47. The van der Waals surface area contributed by atoms with Crippen LogP contribution in [0.3, 0.4) is 0 Å². The summed E-state index contributed by atoms with van der Waals surface area (Å²) < 4.78 is 5.12. The van der Waals surface area contributed by atoms with Crippen molar-refractivity contribution < 1.29 is 9.52 Å². The predicted molar refractivity (Wildman–Crippen MR) is 62.8 cm³/mol. The van der Waals surface area contributed by atoms with E-state index in [0.29, 0.717) is 5.58 Å². The molecule has 2 rings (SSSR count). The van der Waals surface area contributed by atoms with Gasteiger partial charge in [-0.3, -0.25) is 0 Å². The zero-order valence-corrected chi connectivity index (χ0v) is 9.19. The first-order valence-electron chi connectivity index (χ1n) is 5.47. The lowest BCUT2D eigenvalue weighted by Crippen LogP contribution is -1.99. The van der Waals surface area contributed by atoms with Crippen LogP contribution in [0.15, 0.2) is 33.5 Å². The van der Waals surface area contributed by atoms with Gasteiger partial charge in [0.1, 0.15) is 5.58 Å². The van der Waals surface area contributed by atoms with E-state index in [1.807, 2.05) is 18.2 Å². The van der Waals surface area contributed by atoms with Crippen LogP contribution in [-0.2, 0) is 6.42 Å². The van der Waals surface area contributed by atoms with Gasteiger partial charge in [0.2, 0.25) is 5.75 Å². The molecule has 2 aromatic rings. The first kappa shape index (κ1) is 10.7. The monoisotopic (exact) mass is 218 g/mol. The van der Waals surface area contributed by atoms with Gasteiger partial charge in [-0.05, 0) is 24.5 Å². The Morgan fingerprint density at radius 1 is 1.38 bits per heavy atom. The van der Waals surface area contributed by atoms with Gasteiger partial charge in [-0.2, -0.15) is 0 Å². The summed E-state index contributed by atoms with van der Waals surface area (Å²) in [6, 6.07) is 7.15. The number of aromatic hydroxyl groups is 1.